The van der Waals surface area contributed by atoms with Gasteiger partial charge in [-0.05, 0) is 43.7 Å². The Hall–Kier alpha value is -1.04. The van der Waals surface area contributed by atoms with Crippen molar-refractivity contribution in [2.24, 2.45) is 0 Å². The SMILES string of the molecule is CCCCC/C=C(\CCCCC)c1cccc(C)c1. The molecule has 0 bridgehead atoms. The van der Waals surface area contributed by atoms with E-state index in [1.165, 1.54) is 62.5 Å². The monoisotopic (exact) mass is 258 g/mol. The molecule has 19 heavy (non-hydrogen) atoms. The van der Waals surface area contributed by atoms with Gasteiger partial charge in [0.1, 0.15) is 0 Å². The van der Waals surface area contributed by atoms with E-state index in [2.05, 4.69) is 51.1 Å². The molecule has 0 heterocycles. The number of hydrogen-bond acceptors (Lipinski definition) is 0. The van der Waals surface area contributed by atoms with Gasteiger partial charge in [-0.25, -0.2) is 0 Å². The van der Waals surface area contributed by atoms with Crippen molar-refractivity contribution >= 4 is 5.57 Å². The highest BCUT2D eigenvalue weighted by Crippen LogP contribution is 2.23. The van der Waals surface area contributed by atoms with Crippen LogP contribution in [0.1, 0.15) is 76.3 Å². The van der Waals surface area contributed by atoms with Crippen LogP contribution < -0.4 is 0 Å². The smallest absolute Gasteiger partial charge is 0.0225 e. The molecular weight excluding hydrogens is 228 g/mol. The van der Waals surface area contributed by atoms with Crippen molar-refractivity contribution in [1.29, 1.82) is 0 Å². The van der Waals surface area contributed by atoms with Crippen molar-refractivity contribution < 1.29 is 0 Å². The van der Waals surface area contributed by atoms with Crippen molar-refractivity contribution in [3.63, 3.8) is 0 Å². The molecule has 0 aliphatic carbocycles. The topological polar surface area (TPSA) is 0 Å². The van der Waals surface area contributed by atoms with Crippen molar-refractivity contribution in [2.75, 3.05) is 0 Å². The van der Waals surface area contributed by atoms with Crippen LogP contribution in [0.3, 0.4) is 0 Å². The molecule has 0 N–H and O–H groups in total. The molecule has 0 radical (unpaired) electrons. The minimum absolute atomic E-state index is 1.24. The third-order valence-corrected chi connectivity index (χ3v) is 3.64. The van der Waals surface area contributed by atoms with Crippen LogP contribution in [0.15, 0.2) is 30.3 Å². The zero-order chi connectivity index (χ0) is 13.9. The second kappa shape index (κ2) is 9.83. The van der Waals surface area contributed by atoms with E-state index in [9.17, 15) is 0 Å². The van der Waals surface area contributed by atoms with E-state index < -0.39 is 0 Å². The minimum Gasteiger partial charge on any atom is -0.0807 e. The summed E-state index contributed by atoms with van der Waals surface area (Å²) in [5.74, 6) is 0. The first-order valence-electron chi connectivity index (χ1n) is 8.04. The summed E-state index contributed by atoms with van der Waals surface area (Å²) in [5, 5.41) is 0. The van der Waals surface area contributed by atoms with Gasteiger partial charge in [-0.15, -0.1) is 0 Å². The van der Waals surface area contributed by atoms with Gasteiger partial charge < -0.3 is 0 Å². The number of aryl methyl sites for hydroxylation is 1. The number of benzene rings is 1. The Kier molecular flexibility index (Phi) is 8.29. The summed E-state index contributed by atoms with van der Waals surface area (Å²) in [6, 6.07) is 8.97. The lowest BCUT2D eigenvalue weighted by Crippen LogP contribution is -1.88. The van der Waals surface area contributed by atoms with Crippen LogP contribution in [-0.2, 0) is 0 Å². The first-order chi connectivity index (χ1) is 9.27. The molecule has 0 unspecified atom stereocenters. The average molecular weight is 258 g/mol. The summed E-state index contributed by atoms with van der Waals surface area (Å²) < 4.78 is 0. The maximum Gasteiger partial charge on any atom is -0.0225 e. The van der Waals surface area contributed by atoms with Crippen LogP contribution in [0, 0.1) is 6.92 Å². The number of unbranched alkanes of at least 4 members (excludes halogenated alkanes) is 5. The fourth-order valence-electron chi connectivity index (χ4n) is 2.45. The third kappa shape index (κ3) is 6.61. The molecule has 0 fully saturated rings. The van der Waals surface area contributed by atoms with Gasteiger partial charge in [0.25, 0.3) is 0 Å². The standard InChI is InChI=1S/C19H30/c1-4-6-8-10-14-18(13-9-7-5-2)19-15-11-12-17(3)16-19/h11-12,14-16H,4-10,13H2,1-3H3/b18-14+. The van der Waals surface area contributed by atoms with Crippen LogP contribution >= 0.6 is 0 Å². The van der Waals surface area contributed by atoms with Crippen molar-refractivity contribution in [3.8, 4) is 0 Å². The molecular formula is C19H30. The van der Waals surface area contributed by atoms with Gasteiger partial charge >= 0.3 is 0 Å². The Labute approximate surface area is 119 Å². The highest BCUT2D eigenvalue weighted by Gasteiger charge is 2.02. The third-order valence-electron chi connectivity index (χ3n) is 3.64. The normalized spacial score (nSPS) is 11.8. The highest BCUT2D eigenvalue weighted by molar-refractivity contribution is 5.66. The van der Waals surface area contributed by atoms with Crippen LogP contribution in [0.25, 0.3) is 5.57 Å². The minimum atomic E-state index is 1.24. The fraction of sp³-hybridized carbons (Fsp3) is 0.579. The summed E-state index contributed by atoms with van der Waals surface area (Å²) in [5.41, 5.74) is 4.37. The van der Waals surface area contributed by atoms with Crippen LogP contribution in [0.2, 0.25) is 0 Å². The molecule has 0 heteroatoms. The first kappa shape index (κ1) is 16.0. The van der Waals surface area contributed by atoms with Crippen molar-refractivity contribution in [3.05, 3.63) is 41.5 Å². The fourth-order valence-corrected chi connectivity index (χ4v) is 2.45. The Bertz CT molecular complexity index is 373. The second-order valence-electron chi connectivity index (χ2n) is 5.55. The van der Waals surface area contributed by atoms with Crippen LogP contribution in [0.4, 0.5) is 0 Å². The molecule has 1 aromatic rings. The van der Waals surface area contributed by atoms with E-state index in [0.29, 0.717) is 0 Å². The van der Waals surface area contributed by atoms with Crippen molar-refractivity contribution in [1.82, 2.24) is 0 Å². The molecule has 106 valence electrons. The van der Waals surface area contributed by atoms with Gasteiger partial charge in [-0.3, -0.25) is 0 Å². The quantitative estimate of drug-likeness (QED) is 0.441. The first-order valence-corrected chi connectivity index (χ1v) is 8.04. The Balaban J connectivity index is 2.67. The maximum atomic E-state index is 2.49. The Morgan fingerprint density at radius 3 is 2.42 bits per heavy atom. The largest absolute Gasteiger partial charge is 0.0807 e. The van der Waals surface area contributed by atoms with Gasteiger partial charge in [0.2, 0.25) is 0 Å². The number of hydrogen-bond donors (Lipinski definition) is 0. The highest BCUT2D eigenvalue weighted by atomic mass is 14.1. The molecule has 0 spiro atoms. The molecule has 0 saturated heterocycles. The molecule has 0 nitrogen and oxygen atoms in total. The van der Waals surface area contributed by atoms with Gasteiger partial charge in [0.05, 0.1) is 0 Å². The lowest BCUT2D eigenvalue weighted by Gasteiger charge is -2.09. The summed E-state index contributed by atoms with van der Waals surface area (Å²) in [6.07, 6.45) is 12.9. The molecule has 0 saturated carbocycles. The van der Waals surface area contributed by atoms with E-state index in [-0.39, 0.29) is 0 Å². The van der Waals surface area contributed by atoms with Crippen LogP contribution in [-0.4, -0.2) is 0 Å². The lowest BCUT2D eigenvalue weighted by molar-refractivity contribution is 0.720. The van der Waals surface area contributed by atoms with Crippen LogP contribution in [0.5, 0.6) is 0 Å². The van der Waals surface area contributed by atoms with Gasteiger partial charge in [-0.1, -0.05) is 75.4 Å². The number of allylic oxidation sites excluding steroid dienone is 2. The van der Waals surface area contributed by atoms with Crippen molar-refractivity contribution in [2.45, 2.75) is 72.1 Å². The molecule has 0 aliphatic rings. The predicted molar refractivity (Wildman–Crippen MR) is 87.4 cm³/mol. The Morgan fingerprint density at radius 2 is 1.74 bits per heavy atom. The predicted octanol–water partition coefficient (Wildman–Crippen LogP) is 6.54. The molecule has 0 atom stereocenters. The van der Waals surface area contributed by atoms with E-state index in [1.54, 1.807) is 5.57 Å². The summed E-state index contributed by atoms with van der Waals surface area (Å²) in [4.78, 5) is 0. The lowest BCUT2D eigenvalue weighted by atomic mass is 9.96. The average Bonchev–Trinajstić information content (AvgIpc) is 2.41. The van der Waals surface area contributed by atoms with E-state index in [0.717, 1.165) is 0 Å². The molecule has 0 aliphatic heterocycles. The van der Waals surface area contributed by atoms with Gasteiger partial charge in [-0.2, -0.15) is 0 Å². The number of rotatable bonds is 9. The summed E-state index contributed by atoms with van der Waals surface area (Å²) in [6.45, 7) is 6.73. The molecule has 0 aromatic heterocycles. The van der Waals surface area contributed by atoms with E-state index in [1.807, 2.05) is 0 Å². The van der Waals surface area contributed by atoms with E-state index in [4.69, 9.17) is 0 Å². The summed E-state index contributed by atoms with van der Waals surface area (Å²) in [7, 11) is 0. The second-order valence-corrected chi connectivity index (χ2v) is 5.55. The van der Waals surface area contributed by atoms with Gasteiger partial charge in [0.15, 0.2) is 0 Å². The van der Waals surface area contributed by atoms with Gasteiger partial charge in [0, 0.05) is 0 Å². The summed E-state index contributed by atoms with van der Waals surface area (Å²) >= 11 is 0. The Morgan fingerprint density at radius 1 is 1.00 bits per heavy atom. The zero-order valence-electron chi connectivity index (χ0n) is 13.0. The van der Waals surface area contributed by atoms with E-state index >= 15 is 0 Å². The zero-order valence-corrected chi connectivity index (χ0v) is 13.0. The molecule has 1 aromatic carbocycles. The maximum absolute atomic E-state index is 2.49. The molecule has 0 amide bonds. The molecule has 1 rings (SSSR count).